The molecule has 158 valence electrons. The molecule has 0 spiro atoms. The Bertz CT molecular complexity index is 1150. The highest BCUT2D eigenvalue weighted by atomic mass is 19.4. The van der Waals surface area contributed by atoms with Crippen molar-refractivity contribution in [3.05, 3.63) is 77.6 Å². The zero-order chi connectivity index (χ0) is 22.4. The van der Waals surface area contributed by atoms with Crippen LogP contribution in [0.3, 0.4) is 0 Å². The van der Waals surface area contributed by atoms with Gasteiger partial charge in [0.2, 0.25) is 0 Å². The summed E-state index contributed by atoms with van der Waals surface area (Å²) < 4.78 is 49.1. The molecule has 1 aromatic heterocycles. The van der Waals surface area contributed by atoms with Crippen LogP contribution in [0.25, 0.3) is 11.3 Å². The van der Waals surface area contributed by atoms with E-state index in [4.69, 9.17) is 14.4 Å². The van der Waals surface area contributed by atoms with Gasteiger partial charge >= 0.3 is 12.1 Å². The zero-order valence-corrected chi connectivity index (χ0v) is 15.7. The fourth-order valence-corrected chi connectivity index (χ4v) is 2.52. The van der Waals surface area contributed by atoms with E-state index in [2.05, 4.69) is 10.9 Å². The lowest BCUT2D eigenvalue weighted by molar-refractivity contribution is -0.137. The summed E-state index contributed by atoms with van der Waals surface area (Å²) in [5.74, 6) is -1.47. The second kappa shape index (κ2) is 9.04. The third kappa shape index (κ3) is 5.42. The number of alkyl halides is 3. The molecule has 10 heteroatoms. The van der Waals surface area contributed by atoms with E-state index in [9.17, 15) is 22.8 Å². The van der Waals surface area contributed by atoms with E-state index in [1.54, 1.807) is 12.1 Å². The molecule has 2 aromatic carbocycles. The van der Waals surface area contributed by atoms with E-state index in [1.165, 1.54) is 36.4 Å². The summed E-state index contributed by atoms with van der Waals surface area (Å²) in [7, 11) is 0. The van der Waals surface area contributed by atoms with Crippen LogP contribution >= 0.6 is 0 Å². The van der Waals surface area contributed by atoms with Gasteiger partial charge in [0.1, 0.15) is 17.6 Å². The van der Waals surface area contributed by atoms with Gasteiger partial charge in [-0.2, -0.15) is 18.4 Å². The van der Waals surface area contributed by atoms with Gasteiger partial charge in [-0.25, -0.2) is 0 Å². The number of carbonyl (C=O) groups is 2. The second-order valence-corrected chi connectivity index (χ2v) is 6.14. The predicted octanol–water partition coefficient (Wildman–Crippen LogP) is 3.68. The van der Waals surface area contributed by atoms with Crippen LogP contribution < -0.4 is 15.6 Å². The fraction of sp³-hybridized carbons (Fsp3) is 0.0952. The van der Waals surface area contributed by atoms with Crippen molar-refractivity contribution in [1.82, 2.24) is 10.9 Å². The normalized spacial score (nSPS) is 10.8. The molecular weight excluding hydrogens is 415 g/mol. The summed E-state index contributed by atoms with van der Waals surface area (Å²) in [5, 5.41) is 8.97. The number of hydrogen-bond donors (Lipinski definition) is 2. The topological polar surface area (TPSA) is 104 Å². The van der Waals surface area contributed by atoms with Crippen LogP contribution in [0.1, 0.15) is 21.7 Å². The van der Waals surface area contributed by atoms with E-state index in [1.807, 2.05) is 6.07 Å². The van der Waals surface area contributed by atoms with Gasteiger partial charge in [0.25, 0.3) is 5.91 Å². The number of nitriles is 1. The Morgan fingerprint density at radius 2 is 1.81 bits per heavy atom. The summed E-state index contributed by atoms with van der Waals surface area (Å²) >= 11 is 0. The highest BCUT2D eigenvalue weighted by Crippen LogP contribution is 2.32. The van der Waals surface area contributed by atoms with Crippen molar-refractivity contribution < 1.29 is 31.9 Å². The first-order valence-corrected chi connectivity index (χ1v) is 8.76. The zero-order valence-electron chi connectivity index (χ0n) is 15.7. The first-order valence-electron chi connectivity index (χ1n) is 8.76. The number of benzene rings is 2. The lowest BCUT2D eigenvalue weighted by Gasteiger charge is -2.09. The van der Waals surface area contributed by atoms with Crippen LogP contribution in [-0.4, -0.2) is 18.4 Å². The fourth-order valence-electron chi connectivity index (χ4n) is 2.52. The molecule has 31 heavy (non-hydrogen) atoms. The molecule has 0 fully saturated rings. The largest absolute Gasteiger partial charge is 0.482 e. The quantitative estimate of drug-likeness (QED) is 0.602. The van der Waals surface area contributed by atoms with Gasteiger partial charge in [0, 0.05) is 5.56 Å². The number of ether oxygens (including phenoxy) is 1. The van der Waals surface area contributed by atoms with Crippen LogP contribution in [0.4, 0.5) is 13.2 Å². The first kappa shape index (κ1) is 21.4. The summed E-state index contributed by atoms with van der Waals surface area (Å²) in [6.07, 6.45) is -4.51. The number of para-hydroxylation sites is 1. The lowest BCUT2D eigenvalue weighted by atomic mass is 10.1. The van der Waals surface area contributed by atoms with Crippen molar-refractivity contribution in [2.24, 2.45) is 0 Å². The molecule has 0 saturated carbocycles. The molecule has 0 radical (unpaired) electrons. The number of hydrogen-bond acceptors (Lipinski definition) is 5. The van der Waals surface area contributed by atoms with E-state index >= 15 is 0 Å². The molecular formula is C21H14F3N3O4. The van der Waals surface area contributed by atoms with Crippen molar-refractivity contribution in [2.45, 2.75) is 6.18 Å². The number of halogens is 3. The van der Waals surface area contributed by atoms with Crippen molar-refractivity contribution in [3.63, 3.8) is 0 Å². The number of carbonyl (C=O) groups excluding carboxylic acids is 2. The van der Waals surface area contributed by atoms with Crippen molar-refractivity contribution >= 4 is 11.8 Å². The monoisotopic (exact) mass is 429 g/mol. The minimum Gasteiger partial charge on any atom is -0.482 e. The van der Waals surface area contributed by atoms with Crippen molar-refractivity contribution in [3.8, 4) is 23.1 Å². The summed E-state index contributed by atoms with van der Waals surface area (Å²) in [6.45, 7) is -0.466. The molecule has 0 aliphatic heterocycles. The van der Waals surface area contributed by atoms with Gasteiger partial charge in [-0.1, -0.05) is 24.3 Å². The Morgan fingerprint density at radius 1 is 1.03 bits per heavy atom. The molecule has 0 aliphatic rings. The van der Waals surface area contributed by atoms with Crippen LogP contribution in [0.2, 0.25) is 0 Å². The van der Waals surface area contributed by atoms with Crippen LogP contribution in [0.5, 0.6) is 5.75 Å². The van der Waals surface area contributed by atoms with Gasteiger partial charge in [0.15, 0.2) is 12.4 Å². The van der Waals surface area contributed by atoms with Crippen LogP contribution in [-0.2, 0) is 11.0 Å². The molecule has 3 rings (SSSR count). The van der Waals surface area contributed by atoms with Crippen LogP contribution in [0, 0.1) is 11.3 Å². The number of furan rings is 1. The smallest absolute Gasteiger partial charge is 0.416 e. The number of nitrogens with zero attached hydrogens (tertiary/aromatic N) is 1. The maximum absolute atomic E-state index is 12.8. The number of amides is 2. The van der Waals surface area contributed by atoms with Crippen LogP contribution in [0.15, 0.2) is 65.1 Å². The van der Waals surface area contributed by atoms with E-state index in [0.717, 1.165) is 12.1 Å². The Labute approximate surface area is 174 Å². The van der Waals surface area contributed by atoms with E-state index in [0.29, 0.717) is 0 Å². The number of rotatable bonds is 5. The average Bonchev–Trinajstić information content (AvgIpc) is 3.26. The molecule has 0 aliphatic carbocycles. The molecule has 0 bridgehead atoms. The molecule has 2 N–H and O–H groups in total. The first-order chi connectivity index (χ1) is 14.8. The summed E-state index contributed by atoms with van der Waals surface area (Å²) in [4.78, 5) is 24.0. The third-order valence-corrected chi connectivity index (χ3v) is 3.99. The molecule has 1 heterocycles. The van der Waals surface area contributed by atoms with Crippen molar-refractivity contribution in [1.29, 1.82) is 5.26 Å². The Morgan fingerprint density at radius 3 is 2.55 bits per heavy atom. The van der Waals surface area contributed by atoms with Gasteiger partial charge in [-0.05, 0) is 36.4 Å². The Hall–Kier alpha value is -4.26. The maximum atomic E-state index is 12.8. The molecule has 0 saturated heterocycles. The minimum atomic E-state index is -4.51. The maximum Gasteiger partial charge on any atom is 0.416 e. The summed E-state index contributed by atoms with van der Waals surface area (Å²) in [6, 6.07) is 15.3. The van der Waals surface area contributed by atoms with Gasteiger partial charge in [-0.15, -0.1) is 0 Å². The van der Waals surface area contributed by atoms with Crippen molar-refractivity contribution in [2.75, 3.05) is 6.61 Å². The highest BCUT2D eigenvalue weighted by Gasteiger charge is 2.30. The van der Waals surface area contributed by atoms with Gasteiger partial charge in [0.05, 0.1) is 11.1 Å². The Kier molecular flexibility index (Phi) is 6.26. The second-order valence-electron chi connectivity index (χ2n) is 6.14. The van der Waals surface area contributed by atoms with Gasteiger partial charge < -0.3 is 9.15 Å². The SMILES string of the molecule is N#Cc1ccccc1OCC(=O)NNC(=O)c1ccc(-c2cccc(C(F)(F)F)c2)o1. The van der Waals surface area contributed by atoms with Gasteiger partial charge in [-0.3, -0.25) is 20.4 Å². The molecule has 3 aromatic rings. The highest BCUT2D eigenvalue weighted by molar-refractivity contribution is 5.93. The summed E-state index contributed by atoms with van der Waals surface area (Å²) in [5.41, 5.74) is 3.76. The number of hydrazine groups is 1. The van der Waals surface area contributed by atoms with E-state index in [-0.39, 0.29) is 28.4 Å². The molecule has 0 unspecified atom stereocenters. The third-order valence-electron chi connectivity index (χ3n) is 3.99. The lowest BCUT2D eigenvalue weighted by Crippen LogP contribution is -2.43. The minimum absolute atomic E-state index is 0.0546. The molecule has 0 atom stereocenters. The molecule has 7 nitrogen and oxygen atoms in total. The standard InChI is InChI=1S/C21H14F3N3O4/c22-21(23,24)15-6-3-5-13(10-15)17-8-9-18(31-17)20(29)27-26-19(28)12-30-16-7-2-1-4-14(16)11-25/h1-10H,12H2,(H,26,28)(H,27,29). The average molecular weight is 429 g/mol. The number of nitrogens with one attached hydrogen (secondary N) is 2. The Balaban J connectivity index is 1.57. The molecule has 2 amide bonds. The van der Waals surface area contributed by atoms with E-state index < -0.39 is 30.2 Å². The predicted molar refractivity (Wildman–Crippen MR) is 101 cm³/mol.